The number of aryl methyl sites for hydroxylation is 1. The molecule has 114 valence electrons. The van der Waals surface area contributed by atoms with Gasteiger partial charge in [0.25, 0.3) is 0 Å². The van der Waals surface area contributed by atoms with Gasteiger partial charge in [0.1, 0.15) is 5.75 Å². The molecule has 23 heavy (non-hydrogen) atoms. The van der Waals surface area contributed by atoms with Crippen molar-refractivity contribution in [3.63, 3.8) is 0 Å². The van der Waals surface area contributed by atoms with Crippen LogP contribution in [0.3, 0.4) is 0 Å². The van der Waals surface area contributed by atoms with Crippen molar-refractivity contribution in [2.24, 2.45) is 5.92 Å². The van der Waals surface area contributed by atoms with Crippen molar-refractivity contribution in [1.82, 2.24) is 0 Å². The molecule has 2 unspecified atom stereocenters. The zero-order valence-corrected chi connectivity index (χ0v) is 13.2. The van der Waals surface area contributed by atoms with E-state index in [-0.39, 0.29) is 0 Å². The van der Waals surface area contributed by atoms with Gasteiger partial charge in [-0.05, 0) is 41.8 Å². The van der Waals surface area contributed by atoms with Gasteiger partial charge in [0.2, 0.25) is 0 Å². The van der Waals surface area contributed by atoms with Gasteiger partial charge in [-0.3, -0.25) is 0 Å². The Hall–Kier alpha value is -2.48. The second-order valence-electron chi connectivity index (χ2n) is 6.76. The van der Waals surface area contributed by atoms with Crippen molar-refractivity contribution >= 4 is 16.5 Å². The van der Waals surface area contributed by atoms with E-state index in [0.29, 0.717) is 12.0 Å². The first-order chi connectivity index (χ1) is 11.3. The zero-order valence-electron chi connectivity index (χ0n) is 13.2. The van der Waals surface area contributed by atoms with Gasteiger partial charge in [-0.2, -0.15) is 0 Å². The van der Waals surface area contributed by atoms with Crippen molar-refractivity contribution in [2.45, 2.75) is 19.4 Å². The summed E-state index contributed by atoms with van der Waals surface area (Å²) in [6.07, 6.45) is 1.08. The van der Waals surface area contributed by atoms with Crippen LogP contribution in [0.5, 0.6) is 5.75 Å². The van der Waals surface area contributed by atoms with Crippen LogP contribution in [-0.2, 0) is 6.42 Å². The highest BCUT2D eigenvalue weighted by molar-refractivity contribution is 5.89. The summed E-state index contributed by atoms with van der Waals surface area (Å²) in [5, 5.41) is 6.39. The minimum atomic E-state index is 0.333. The zero-order chi connectivity index (χ0) is 15.4. The maximum Gasteiger partial charge on any atom is 0.125 e. The predicted octanol–water partition coefficient (Wildman–Crippen LogP) is 4.87. The fourth-order valence-corrected chi connectivity index (χ4v) is 4.10. The predicted molar refractivity (Wildman–Crippen MR) is 94.2 cm³/mol. The van der Waals surface area contributed by atoms with E-state index in [4.69, 9.17) is 4.74 Å². The average molecular weight is 301 g/mol. The number of hydrogen-bond acceptors (Lipinski definition) is 2. The number of benzene rings is 3. The molecule has 0 saturated heterocycles. The molecule has 0 fully saturated rings. The van der Waals surface area contributed by atoms with E-state index in [1.54, 1.807) is 0 Å². The summed E-state index contributed by atoms with van der Waals surface area (Å²) in [6.45, 7) is 2.95. The highest BCUT2D eigenvalue weighted by Crippen LogP contribution is 2.46. The minimum Gasteiger partial charge on any atom is -0.493 e. The number of ether oxygens (including phenoxy) is 1. The molecule has 2 heteroatoms. The smallest absolute Gasteiger partial charge is 0.125 e. The van der Waals surface area contributed by atoms with Crippen LogP contribution in [0.15, 0.2) is 54.6 Å². The van der Waals surface area contributed by atoms with E-state index in [1.807, 2.05) is 0 Å². The van der Waals surface area contributed by atoms with Gasteiger partial charge in [-0.15, -0.1) is 0 Å². The first kappa shape index (κ1) is 13.0. The summed E-state index contributed by atoms with van der Waals surface area (Å²) >= 11 is 0. The highest BCUT2D eigenvalue weighted by Gasteiger charge is 2.36. The van der Waals surface area contributed by atoms with E-state index < -0.39 is 0 Å². The SMILES string of the molecule is Cc1ccc2c(c1)CC1COc3ccc4ccccc4c3C1N2. The van der Waals surface area contributed by atoms with Crippen molar-refractivity contribution in [2.75, 3.05) is 11.9 Å². The number of fused-ring (bicyclic) bond motifs is 6. The Morgan fingerprint density at radius 1 is 1.04 bits per heavy atom. The topological polar surface area (TPSA) is 21.3 Å². The maximum absolute atomic E-state index is 6.11. The van der Waals surface area contributed by atoms with E-state index in [1.165, 1.54) is 33.2 Å². The largest absolute Gasteiger partial charge is 0.493 e. The molecule has 0 radical (unpaired) electrons. The molecule has 3 aromatic rings. The Kier molecular flexibility index (Phi) is 2.69. The number of nitrogens with one attached hydrogen (secondary N) is 1. The third kappa shape index (κ3) is 1.94. The van der Waals surface area contributed by atoms with Crippen LogP contribution >= 0.6 is 0 Å². The summed E-state index contributed by atoms with van der Waals surface area (Å²) in [5.74, 6) is 1.52. The second-order valence-corrected chi connectivity index (χ2v) is 6.76. The lowest BCUT2D eigenvalue weighted by molar-refractivity contribution is 0.199. The van der Waals surface area contributed by atoms with Gasteiger partial charge in [-0.1, -0.05) is 48.0 Å². The van der Waals surface area contributed by atoms with Crippen LogP contribution in [0.2, 0.25) is 0 Å². The Morgan fingerprint density at radius 3 is 2.91 bits per heavy atom. The molecule has 0 amide bonds. The number of rotatable bonds is 0. The minimum absolute atomic E-state index is 0.333. The molecule has 0 bridgehead atoms. The molecule has 2 aliphatic heterocycles. The molecule has 2 aliphatic rings. The Balaban J connectivity index is 1.69. The lowest BCUT2D eigenvalue weighted by atomic mass is 9.80. The quantitative estimate of drug-likeness (QED) is 0.640. The lowest BCUT2D eigenvalue weighted by Gasteiger charge is -2.39. The first-order valence-electron chi connectivity index (χ1n) is 8.30. The van der Waals surface area contributed by atoms with E-state index in [0.717, 1.165) is 18.8 Å². The molecular formula is C21H19NO. The van der Waals surface area contributed by atoms with E-state index >= 15 is 0 Å². The van der Waals surface area contributed by atoms with Gasteiger partial charge in [0, 0.05) is 17.2 Å². The van der Waals surface area contributed by atoms with Gasteiger partial charge in [-0.25, -0.2) is 0 Å². The number of hydrogen-bond donors (Lipinski definition) is 1. The molecule has 2 atom stereocenters. The number of anilines is 1. The summed E-state index contributed by atoms with van der Waals surface area (Å²) in [7, 11) is 0. The molecule has 0 aliphatic carbocycles. The summed E-state index contributed by atoms with van der Waals surface area (Å²) in [4.78, 5) is 0. The van der Waals surface area contributed by atoms with Gasteiger partial charge < -0.3 is 10.1 Å². The maximum atomic E-state index is 6.11. The van der Waals surface area contributed by atoms with Crippen LogP contribution in [0.4, 0.5) is 5.69 Å². The molecular weight excluding hydrogens is 282 g/mol. The van der Waals surface area contributed by atoms with Crippen molar-refractivity contribution in [1.29, 1.82) is 0 Å². The molecule has 1 N–H and O–H groups in total. The summed E-state index contributed by atoms with van der Waals surface area (Å²) in [6, 6.07) is 19.9. The molecule has 5 rings (SSSR count). The molecule has 3 aromatic carbocycles. The van der Waals surface area contributed by atoms with Crippen LogP contribution < -0.4 is 10.1 Å². The highest BCUT2D eigenvalue weighted by atomic mass is 16.5. The Bertz CT molecular complexity index is 915. The van der Waals surface area contributed by atoms with Crippen LogP contribution in [-0.4, -0.2) is 6.61 Å². The second kappa shape index (κ2) is 4.76. The van der Waals surface area contributed by atoms with E-state index in [9.17, 15) is 0 Å². The third-order valence-corrected chi connectivity index (χ3v) is 5.22. The van der Waals surface area contributed by atoms with Crippen molar-refractivity contribution < 1.29 is 4.74 Å². The fraction of sp³-hybridized carbons (Fsp3) is 0.238. The standard InChI is InChI=1S/C21H19NO/c1-13-6-8-18-15(10-13)11-16-12-23-19-9-7-14-4-2-3-5-17(14)20(19)21(16)22-18/h2-10,16,21-22H,11-12H2,1H3. The van der Waals surface area contributed by atoms with Crippen LogP contribution in [0.1, 0.15) is 22.7 Å². The van der Waals surface area contributed by atoms with Crippen LogP contribution in [0, 0.1) is 12.8 Å². The third-order valence-electron chi connectivity index (χ3n) is 5.22. The molecule has 0 spiro atoms. The Labute approximate surface area is 136 Å². The lowest BCUT2D eigenvalue weighted by Crippen LogP contribution is -2.35. The first-order valence-corrected chi connectivity index (χ1v) is 8.30. The van der Waals surface area contributed by atoms with Crippen LogP contribution in [0.25, 0.3) is 10.8 Å². The Morgan fingerprint density at radius 2 is 1.96 bits per heavy atom. The van der Waals surface area contributed by atoms with Gasteiger partial charge in [0.15, 0.2) is 0 Å². The fourth-order valence-electron chi connectivity index (χ4n) is 4.10. The molecule has 2 nitrogen and oxygen atoms in total. The molecule has 0 saturated carbocycles. The monoisotopic (exact) mass is 301 g/mol. The van der Waals surface area contributed by atoms with Gasteiger partial charge in [0.05, 0.1) is 12.6 Å². The summed E-state index contributed by atoms with van der Waals surface area (Å²) < 4.78 is 6.11. The van der Waals surface area contributed by atoms with E-state index in [2.05, 4.69) is 66.8 Å². The van der Waals surface area contributed by atoms with Gasteiger partial charge >= 0.3 is 0 Å². The van der Waals surface area contributed by atoms with Crippen molar-refractivity contribution in [3.8, 4) is 5.75 Å². The normalized spacial score (nSPS) is 21.6. The molecule has 2 heterocycles. The van der Waals surface area contributed by atoms with Crippen molar-refractivity contribution in [3.05, 3.63) is 71.3 Å². The summed E-state index contributed by atoms with van der Waals surface area (Å²) in [5.41, 5.74) is 5.34. The molecule has 0 aromatic heterocycles. The average Bonchev–Trinajstić information content (AvgIpc) is 2.59.